The van der Waals surface area contributed by atoms with Crippen molar-refractivity contribution in [2.45, 2.75) is 365 Å². The predicted molar refractivity (Wildman–Crippen MR) is 309 cm³/mol. The van der Waals surface area contributed by atoms with Gasteiger partial charge in [0.1, 0.15) is 24.4 Å². The van der Waals surface area contributed by atoms with Crippen LogP contribution in [0.2, 0.25) is 0 Å². The maximum absolute atomic E-state index is 13.1. The molecule has 73 heavy (non-hydrogen) atoms. The van der Waals surface area contributed by atoms with Gasteiger partial charge in [-0.25, -0.2) is 0 Å². The van der Waals surface area contributed by atoms with Crippen LogP contribution in [0.25, 0.3) is 0 Å². The average molecular weight is 1030 g/mol. The number of hydrogen-bond donors (Lipinski definition) is 6. The van der Waals surface area contributed by atoms with E-state index < -0.39 is 49.5 Å². The van der Waals surface area contributed by atoms with Gasteiger partial charge in [-0.15, -0.1) is 0 Å². The lowest BCUT2D eigenvalue weighted by molar-refractivity contribution is -0.302. The van der Waals surface area contributed by atoms with Crippen LogP contribution in [-0.2, 0) is 14.3 Å². The first kappa shape index (κ1) is 69.7. The third kappa shape index (κ3) is 43.4. The van der Waals surface area contributed by atoms with Gasteiger partial charge in [-0.05, 0) is 44.9 Å². The number of unbranched alkanes of at least 4 members (excludes halogenated alkanes) is 44. The Balaban J connectivity index is 2.17. The Morgan fingerprint density at radius 1 is 0.452 bits per heavy atom. The van der Waals surface area contributed by atoms with Crippen molar-refractivity contribution in [2.75, 3.05) is 13.2 Å². The second kappa shape index (κ2) is 54.0. The van der Waals surface area contributed by atoms with Gasteiger partial charge in [-0.1, -0.05) is 295 Å². The smallest absolute Gasteiger partial charge is 0.220 e. The van der Waals surface area contributed by atoms with Gasteiger partial charge < -0.3 is 40.3 Å². The molecule has 1 aliphatic rings. The van der Waals surface area contributed by atoms with E-state index in [1.807, 2.05) is 6.08 Å². The Labute approximate surface area is 451 Å². The molecule has 1 aliphatic heterocycles. The van der Waals surface area contributed by atoms with Crippen molar-refractivity contribution in [1.29, 1.82) is 0 Å². The minimum Gasteiger partial charge on any atom is -0.394 e. The molecule has 9 heteroatoms. The van der Waals surface area contributed by atoms with Crippen molar-refractivity contribution in [3.63, 3.8) is 0 Å². The fraction of sp³-hybridized carbons (Fsp3) is 0.922. The van der Waals surface area contributed by atoms with Crippen LogP contribution in [0.15, 0.2) is 24.3 Å². The minimum absolute atomic E-state index is 0.172. The van der Waals surface area contributed by atoms with E-state index in [9.17, 15) is 30.3 Å². The van der Waals surface area contributed by atoms with Crippen LogP contribution in [0, 0.1) is 0 Å². The fourth-order valence-corrected chi connectivity index (χ4v) is 10.4. The zero-order chi connectivity index (χ0) is 52.9. The third-order valence-electron chi connectivity index (χ3n) is 15.5. The first-order valence-corrected chi connectivity index (χ1v) is 32.1. The van der Waals surface area contributed by atoms with Crippen LogP contribution in [0.3, 0.4) is 0 Å². The van der Waals surface area contributed by atoms with Crippen molar-refractivity contribution in [2.24, 2.45) is 0 Å². The molecule has 1 amide bonds. The summed E-state index contributed by atoms with van der Waals surface area (Å²) in [5, 5.41) is 54.6. The van der Waals surface area contributed by atoms with Crippen LogP contribution < -0.4 is 5.32 Å². The summed E-state index contributed by atoms with van der Waals surface area (Å²) in [5.41, 5.74) is 0. The maximum Gasteiger partial charge on any atom is 0.220 e. The molecular formula is C64H123NO8. The topological polar surface area (TPSA) is 149 Å². The van der Waals surface area contributed by atoms with E-state index in [1.54, 1.807) is 6.08 Å². The summed E-state index contributed by atoms with van der Waals surface area (Å²) in [6, 6.07) is -0.804. The molecule has 1 rings (SSSR count). The summed E-state index contributed by atoms with van der Waals surface area (Å²) >= 11 is 0. The quantitative estimate of drug-likeness (QED) is 0.0261. The van der Waals surface area contributed by atoms with Crippen molar-refractivity contribution < 1.29 is 39.8 Å². The second-order valence-electron chi connectivity index (χ2n) is 22.6. The van der Waals surface area contributed by atoms with Gasteiger partial charge in [0.05, 0.1) is 25.4 Å². The highest BCUT2D eigenvalue weighted by molar-refractivity contribution is 5.76. The molecule has 432 valence electrons. The molecule has 6 N–H and O–H groups in total. The number of allylic oxidation sites excluding steroid dienone is 3. The summed E-state index contributed by atoms with van der Waals surface area (Å²) < 4.78 is 11.3. The Morgan fingerprint density at radius 3 is 1.11 bits per heavy atom. The Morgan fingerprint density at radius 2 is 0.767 bits per heavy atom. The largest absolute Gasteiger partial charge is 0.394 e. The first-order valence-electron chi connectivity index (χ1n) is 32.1. The number of amides is 1. The van der Waals surface area contributed by atoms with Crippen LogP contribution in [-0.4, -0.2) is 87.5 Å². The summed E-state index contributed by atoms with van der Waals surface area (Å²) in [5.74, 6) is -0.172. The third-order valence-corrected chi connectivity index (χ3v) is 15.5. The minimum atomic E-state index is -1.57. The van der Waals surface area contributed by atoms with Gasteiger partial charge in [0.25, 0.3) is 0 Å². The molecule has 0 aliphatic carbocycles. The van der Waals surface area contributed by atoms with Crippen molar-refractivity contribution >= 4 is 5.91 Å². The molecule has 0 spiro atoms. The molecule has 0 bridgehead atoms. The van der Waals surface area contributed by atoms with Gasteiger partial charge in [-0.3, -0.25) is 4.79 Å². The normalized spacial score (nSPS) is 19.1. The number of carbonyl (C=O) groups is 1. The number of hydrogen-bond acceptors (Lipinski definition) is 8. The van der Waals surface area contributed by atoms with E-state index in [0.29, 0.717) is 6.42 Å². The van der Waals surface area contributed by atoms with Crippen molar-refractivity contribution in [1.82, 2.24) is 5.32 Å². The van der Waals surface area contributed by atoms with Gasteiger partial charge in [0.15, 0.2) is 6.29 Å². The highest BCUT2D eigenvalue weighted by Gasteiger charge is 2.44. The van der Waals surface area contributed by atoms with E-state index in [-0.39, 0.29) is 12.5 Å². The molecule has 0 aromatic carbocycles. The van der Waals surface area contributed by atoms with Crippen LogP contribution in [0.5, 0.6) is 0 Å². The van der Waals surface area contributed by atoms with Crippen LogP contribution in [0.4, 0.5) is 0 Å². The predicted octanol–water partition coefficient (Wildman–Crippen LogP) is 16.5. The molecule has 0 aromatic heterocycles. The lowest BCUT2D eigenvalue weighted by Gasteiger charge is -2.40. The van der Waals surface area contributed by atoms with E-state index >= 15 is 0 Å². The van der Waals surface area contributed by atoms with E-state index in [0.717, 1.165) is 38.5 Å². The van der Waals surface area contributed by atoms with E-state index in [4.69, 9.17) is 9.47 Å². The fourth-order valence-electron chi connectivity index (χ4n) is 10.4. The summed E-state index contributed by atoms with van der Waals surface area (Å²) in [6.07, 6.45) is 62.6. The molecule has 0 aromatic rings. The Kier molecular flexibility index (Phi) is 51.6. The number of aliphatic hydroxyl groups excluding tert-OH is 5. The standard InChI is InChI=1S/C64H123NO8/c1-3-5-7-9-11-13-15-17-19-21-23-25-27-28-29-30-31-32-34-36-38-40-42-44-46-48-50-52-54-60(68)65-57(56-72-64-63(71)62(70)61(69)59(55-66)73-64)58(67)53-51-49-47-45-43-41-39-37-35-33-26-24-22-20-18-16-14-12-10-8-6-4-2/h28-29,51,53,57-59,61-64,66-67,69-71H,3-27,30-50,52,54-56H2,1-2H3,(H,65,68)/b29-28-,53-51+. The lowest BCUT2D eigenvalue weighted by Crippen LogP contribution is -2.60. The highest BCUT2D eigenvalue weighted by Crippen LogP contribution is 2.23. The zero-order valence-corrected chi connectivity index (χ0v) is 48.2. The van der Waals surface area contributed by atoms with Gasteiger partial charge in [0, 0.05) is 6.42 Å². The molecule has 0 saturated carbocycles. The highest BCUT2D eigenvalue weighted by atomic mass is 16.7. The molecule has 7 atom stereocenters. The molecule has 0 radical (unpaired) electrons. The molecular weight excluding hydrogens is 911 g/mol. The zero-order valence-electron chi connectivity index (χ0n) is 48.2. The molecule has 1 fully saturated rings. The number of carbonyl (C=O) groups excluding carboxylic acids is 1. The average Bonchev–Trinajstić information content (AvgIpc) is 3.39. The van der Waals surface area contributed by atoms with E-state index in [1.165, 1.54) is 263 Å². The van der Waals surface area contributed by atoms with Crippen LogP contribution in [0.1, 0.15) is 322 Å². The van der Waals surface area contributed by atoms with Crippen LogP contribution >= 0.6 is 0 Å². The molecule has 1 heterocycles. The molecule has 1 saturated heterocycles. The van der Waals surface area contributed by atoms with Crippen molar-refractivity contribution in [3.05, 3.63) is 24.3 Å². The van der Waals surface area contributed by atoms with E-state index in [2.05, 4.69) is 31.3 Å². The monoisotopic (exact) mass is 1030 g/mol. The number of aliphatic hydroxyl groups is 5. The number of ether oxygens (including phenoxy) is 2. The summed E-state index contributed by atoms with van der Waals surface area (Å²) in [6.45, 7) is 3.83. The number of nitrogens with one attached hydrogen (secondary N) is 1. The summed E-state index contributed by atoms with van der Waals surface area (Å²) in [4.78, 5) is 13.1. The lowest BCUT2D eigenvalue weighted by atomic mass is 9.99. The second-order valence-corrected chi connectivity index (χ2v) is 22.6. The first-order chi connectivity index (χ1) is 35.8. The van der Waals surface area contributed by atoms with Gasteiger partial charge in [-0.2, -0.15) is 0 Å². The van der Waals surface area contributed by atoms with Crippen molar-refractivity contribution in [3.8, 4) is 0 Å². The molecule has 7 unspecified atom stereocenters. The van der Waals surface area contributed by atoms with Gasteiger partial charge >= 0.3 is 0 Å². The van der Waals surface area contributed by atoms with Gasteiger partial charge in [0.2, 0.25) is 5.91 Å². The number of rotatable bonds is 56. The maximum atomic E-state index is 13.1. The Bertz CT molecular complexity index is 1200. The Hall–Kier alpha value is -1.33. The summed E-state index contributed by atoms with van der Waals surface area (Å²) in [7, 11) is 0. The molecule has 9 nitrogen and oxygen atoms in total. The SMILES string of the molecule is CCCCCCCCCCCCCC/C=C\CCCCCCCCCCCCCCC(=O)NC(COC1OC(CO)C(O)C(O)C1O)C(O)/C=C/CCCCCCCCCCCCCCCCCCCCCC.